The Hall–Kier alpha value is -8.08. The van der Waals surface area contributed by atoms with Gasteiger partial charge in [-0.2, -0.15) is 0 Å². The lowest BCUT2D eigenvalue weighted by Crippen LogP contribution is -2.29. The number of esters is 6. The zero-order chi connectivity index (χ0) is 53.6. The summed E-state index contributed by atoms with van der Waals surface area (Å²) >= 11 is 0. The first-order valence-corrected chi connectivity index (χ1v) is 23.9. The SMILES string of the molecule is C=CC(=O)OCCCCOCC(COc1cc2ccc(C(=O)Oc3ccc(OC(=O)c4ccc5cc(OCC(COCCCCOC(=O)C=C)OC(=O)C=C)c(C)cc5c4)c(C)c3C)cc2cc1C)OC(=O)C=C. The van der Waals surface area contributed by atoms with Gasteiger partial charge in [0.2, 0.25) is 0 Å². The molecule has 2 atom stereocenters. The minimum Gasteiger partial charge on any atom is -0.489 e. The number of rotatable bonds is 30. The molecule has 0 amide bonds. The maximum Gasteiger partial charge on any atom is 0.343 e. The number of carbonyl (C=O) groups is 6. The highest BCUT2D eigenvalue weighted by Crippen LogP contribution is 2.33. The summed E-state index contributed by atoms with van der Waals surface area (Å²) in [6, 6.07) is 20.9. The fourth-order valence-corrected chi connectivity index (χ4v) is 7.18. The highest BCUT2D eigenvalue weighted by molar-refractivity contribution is 5.98. The van der Waals surface area contributed by atoms with E-state index in [0.717, 1.165) is 57.0 Å². The van der Waals surface area contributed by atoms with E-state index in [9.17, 15) is 28.8 Å². The van der Waals surface area contributed by atoms with Crippen molar-refractivity contribution in [1.29, 1.82) is 0 Å². The quantitative estimate of drug-likeness (QED) is 0.0139. The molecule has 0 aromatic heterocycles. The molecule has 0 radical (unpaired) electrons. The lowest BCUT2D eigenvalue weighted by molar-refractivity contribution is -0.148. The maximum atomic E-state index is 13.5. The number of hydrogen-bond acceptors (Lipinski definition) is 16. The molecule has 0 N–H and O–H groups in total. The van der Waals surface area contributed by atoms with Gasteiger partial charge in [-0.25, -0.2) is 28.8 Å². The van der Waals surface area contributed by atoms with E-state index in [1.165, 1.54) is 0 Å². The van der Waals surface area contributed by atoms with Gasteiger partial charge in [-0.15, -0.1) is 0 Å². The smallest absolute Gasteiger partial charge is 0.343 e. The lowest BCUT2D eigenvalue weighted by atomic mass is 10.0. The summed E-state index contributed by atoms with van der Waals surface area (Å²) in [6.07, 6.45) is 5.32. The Bertz CT molecular complexity index is 2670. The number of aryl methyl sites for hydroxylation is 2. The summed E-state index contributed by atoms with van der Waals surface area (Å²) in [5.41, 5.74) is 3.39. The molecule has 16 nitrogen and oxygen atoms in total. The normalized spacial score (nSPS) is 11.6. The van der Waals surface area contributed by atoms with Gasteiger partial charge in [0.1, 0.15) is 36.2 Å². The number of fused-ring (bicyclic) bond motifs is 2. The lowest BCUT2D eigenvalue weighted by Gasteiger charge is -2.19. The van der Waals surface area contributed by atoms with Gasteiger partial charge in [0, 0.05) is 37.5 Å². The van der Waals surface area contributed by atoms with Crippen LogP contribution in [0.15, 0.2) is 123 Å². The van der Waals surface area contributed by atoms with Gasteiger partial charge in [0.15, 0.2) is 12.2 Å². The van der Waals surface area contributed by atoms with Crippen molar-refractivity contribution in [1.82, 2.24) is 0 Å². The summed E-state index contributed by atoms with van der Waals surface area (Å²) in [4.78, 5) is 73.5. The minimum absolute atomic E-state index is 0.00821. The van der Waals surface area contributed by atoms with Crippen LogP contribution in [-0.4, -0.2) is 101 Å². The van der Waals surface area contributed by atoms with Crippen LogP contribution in [0, 0.1) is 27.7 Å². The molecule has 2 unspecified atom stereocenters. The third kappa shape index (κ3) is 17.3. The van der Waals surface area contributed by atoms with Gasteiger partial charge >= 0.3 is 35.8 Å². The van der Waals surface area contributed by atoms with Crippen LogP contribution in [0.4, 0.5) is 0 Å². The van der Waals surface area contributed by atoms with E-state index in [0.29, 0.717) is 84.1 Å². The van der Waals surface area contributed by atoms with Crippen LogP contribution in [0.1, 0.15) is 68.7 Å². The molecule has 0 aliphatic carbocycles. The first-order chi connectivity index (χ1) is 35.6. The van der Waals surface area contributed by atoms with Crippen LogP contribution < -0.4 is 18.9 Å². The Morgan fingerprint density at radius 1 is 0.432 bits per heavy atom. The van der Waals surface area contributed by atoms with E-state index in [1.54, 1.807) is 62.4 Å². The molecular formula is C58H62O16. The maximum absolute atomic E-state index is 13.5. The van der Waals surface area contributed by atoms with Gasteiger partial charge in [-0.3, -0.25) is 0 Å². The van der Waals surface area contributed by atoms with E-state index in [2.05, 4.69) is 26.3 Å². The predicted molar refractivity (Wildman–Crippen MR) is 277 cm³/mol. The van der Waals surface area contributed by atoms with Crippen molar-refractivity contribution < 1.29 is 76.1 Å². The number of hydrogen-bond donors (Lipinski definition) is 0. The fourth-order valence-electron chi connectivity index (χ4n) is 7.18. The largest absolute Gasteiger partial charge is 0.489 e. The van der Waals surface area contributed by atoms with Gasteiger partial charge in [-0.05, 0) is 158 Å². The third-order valence-electron chi connectivity index (χ3n) is 11.4. The van der Waals surface area contributed by atoms with E-state index < -0.39 is 48.0 Å². The van der Waals surface area contributed by atoms with Crippen molar-refractivity contribution in [2.75, 3.05) is 52.9 Å². The second kappa shape index (κ2) is 28.8. The average molecular weight is 1020 g/mol. The van der Waals surface area contributed by atoms with Crippen LogP contribution in [0.5, 0.6) is 23.0 Å². The zero-order valence-electron chi connectivity index (χ0n) is 42.2. The monoisotopic (exact) mass is 1010 g/mol. The molecule has 5 aromatic rings. The molecule has 390 valence electrons. The van der Waals surface area contributed by atoms with E-state index in [1.807, 2.05) is 38.1 Å². The predicted octanol–water partition coefficient (Wildman–Crippen LogP) is 9.67. The summed E-state index contributed by atoms with van der Waals surface area (Å²) in [7, 11) is 0. The second-order valence-electron chi connectivity index (χ2n) is 16.9. The van der Waals surface area contributed by atoms with Crippen LogP contribution in [0.25, 0.3) is 21.5 Å². The van der Waals surface area contributed by atoms with Crippen molar-refractivity contribution in [2.24, 2.45) is 0 Å². The van der Waals surface area contributed by atoms with Gasteiger partial charge in [0.25, 0.3) is 0 Å². The third-order valence-corrected chi connectivity index (χ3v) is 11.4. The summed E-state index contributed by atoms with van der Waals surface area (Å²) in [6.45, 7) is 22.3. The molecule has 0 saturated heterocycles. The Labute approximate surface area is 430 Å². The average Bonchev–Trinajstić information content (AvgIpc) is 3.39. The Balaban J connectivity index is 1.15. The molecule has 5 aromatic carbocycles. The highest BCUT2D eigenvalue weighted by Gasteiger charge is 2.20. The Morgan fingerprint density at radius 2 is 0.811 bits per heavy atom. The van der Waals surface area contributed by atoms with Crippen LogP contribution in [0.3, 0.4) is 0 Å². The first kappa shape index (κ1) is 56.8. The number of benzene rings is 5. The molecule has 5 rings (SSSR count). The van der Waals surface area contributed by atoms with Crippen molar-refractivity contribution in [3.05, 3.63) is 157 Å². The second-order valence-corrected chi connectivity index (χ2v) is 16.9. The summed E-state index contributed by atoms with van der Waals surface area (Å²) < 4.78 is 56.1. The fraction of sp³-hybridized carbons (Fsp3) is 0.310. The molecule has 16 heteroatoms. The van der Waals surface area contributed by atoms with Crippen LogP contribution in [-0.2, 0) is 47.6 Å². The van der Waals surface area contributed by atoms with Gasteiger partial charge in [0.05, 0.1) is 37.6 Å². The standard InChI is InChI=1S/C58H62O16/c1-9-53(59)67-25-15-13-23-65-33-47(71-55(61)11-3)35-69-51-31-41-17-19-43(29-45(41)27-37(51)5)57(63)73-49-21-22-50(40(8)39(49)7)74-58(64)44-20-18-42-32-52(38(6)28-46(42)30-44)70-36-48(72-56(62)12-4)34-66-24-14-16-26-68-54(60)10-2/h9-12,17-22,27-32,47-48H,1-4,13-16,23-26,33-36H2,5-8H3. The summed E-state index contributed by atoms with van der Waals surface area (Å²) in [5.74, 6) is -1.66. The van der Waals surface area contributed by atoms with Crippen LogP contribution in [0.2, 0.25) is 0 Å². The van der Waals surface area contributed by atoms with Crippen molar-refractivity contribution in [2.45, 2.75) is 65.6 Å². The molecule has 0 aliphatic rings. The van der Waals surface area contributed by atoms with Crippen molar-refractivity contribution in [3.8, 4) is 23.0 Å². The van der Waals surface area contributed by atoms with Gasteiger partial charge < -0.3 is 47.4 Å². The molecule has 0 heterocycles. The molecular weight excluding hydrogens is 953 g/mol. The van der Waals surface area contributed by atoms with E-state index in [-0.39, 0.29) is 39.6 Å². The minimum atomic E-state index is -0.724. The number of carbonyl (C=O) groups excluding carboxylic acids is 6. The molecule has 0 fully saturated rings. The number of unbranched alkanes of at least 4 members (excludes halogenated alkanes) is 2. The van der Waals surface area contributed by atoms with E-state index in [4.69, 9.17) is 47.4 Å². The highest BCUT2D eigenvalue weighted by atomic mass is 16.6. The summed E-state index contributed by atoms with van der Waals surface area (Å²) in [5, 5.41) is 3.12. The number of ether oxygens (including phenoxy) is 10. The molecule has 0 spiro atoms. The Kier molecular flexibility index (Phi) is 22.1. The van der Waals surface area contributed by atoms with Crippen LogP contribution >= 0.6 is 0 Å². The van der Waals surface area contributed by atoms with Crippen molar-refractivity contribution >= 4 is 57.4 Å². The molecule has 0 saturated carbocycles. The van der Waals surface area contributed by atoms with Crippen molar-refractivity contribution in [3.63, 3.8) is 0 Å². The zero-order valence-corrected chi connectivity index (χ0v) is 42.2. The topological polar surface area (TPSA) is 195 Å². The van der Waals surface area contributed by atoms with Gasteiger partial charge in [-0.1, -0.05) is 38.4 Å². The molecule has 74 heavy (non-hydrogen) atoms. The molecule has 0 aliphatic heterocycles. The van der Waals surface area contributed by atoms with E-state index >= 15 is 0 Å². The Morgan fingerprint density at radius 3 is 1.19 bits per heavy atom. The molecule has 0 bridgehead atoms. The first-order valence-electron chi connectivity index (χ1n) is 23.9.